The molecule has 0 atom stereocenters. The maximum atomic E-state index is 11.7. The van der Waals surface area contributed by atoms with Crippen LogP contribution in [0, 0.1) is 5.92 Å². The predicted molar refractivity (Wildman–Crippen MR) is 129 cm³/mol. The van der Waals surface area contributed by atoms with Crippen molar-refractivity contribution < 1.29 is 8.42 Å². The third-order valence-corrected chi connectivity index (χ3v) is 6.43. The molecule has 29 heavy (non-hydrogen) atoms. The lowest BCUT2D eigenvalue weighted by molar-refractivity contribution is 0.279. The van der Waals surface area contributed by atoms with E-state index in [2.05, 4.69) is 42.3 Å². The second-order valence-electron chi connectivity index (χ2n) is 8.02. The van der Waals surface area contributed by atoms with Crippen molar-refractivity contribution in [3.63, 3.8) is 0 Å². The summed E-state index contributed by atoms with van der Waals surface area (Å²) in [6.07, 6.45) is 5.09. The second kappa shape index (κ2) is 11.5. The van der Waals surface area contributed by atoms with Gasteiger partial charge in [-0.3, -0.25) is 9.67 Å². The topological polar surface area (TPSA) is 82.8 Å². The van der Waals surface area contributed by atoms with Gasteiger partial charge in [0.25, 0.3) is 0 Å². The van der Waals surface area contributed by atoms with Gasteiger partial charge in [-0.05, 0) is 31.6 Å². The number of hydrogen-bond acceptors (Lipinski definition) is 4. The van der Waals surface area contributed by atoms with Gasteiger partial charge in [0.2, 0.25) is 10.0 Å². The van der Waals surface area contributed by atoms with Gasteiger partial charge in [0, 0.05) is 58.6 Å². The summed E-state index contributed by atoms with van der Waals surface area (Å²) < 4.78 is 26.8. The van der Waals surface area contributed by atoms with Gasteiger partial charge in [0.1, 0.15) is 0 Å². The van der Waals surface area contributed by atoms with E-state index in [1.54, 1.807) is 4.31 Å². The van der Waals surface area contributed by atoms with Crippen LogP contribution < -0.4 is 5.32 Å². The molecule has 0 amide bonds. The van der Waals surface area contributed by atoms with E-state index in [0.29, 0.717) is 31.5 Å². The number of rotatable bonds is 7. The summed E-state index contributed by atoms with van der Waals surface area (Å²) in [5.41, 5.74) is 2.34. The SMILES string of the molecule is CCNC(=NCC1CCN(S(C)(=O)=O)CC1)N(C)Cc1cn(C)nc1C(C)C.I. The molecule has 1 saturated heterocycles. The smallest absolute Gasteiger partial charge is 0.211 e. The van der Waals surface area contributed by atoms with Crippen LogP contribution in [-0.2, 0) is 23.6 Å². The van der Waals surface area contributed by atoms with Gasteiger partial charge in [0.05, 0.1) is 11.9 Å². The molecule has 0 radical (unpaired) electrons. The number of nitrogens with one attached hydrogen (secondary N) is 1. The molecule has 1 aromatic rings. The average Bonchev–Trinajstić information content (AvgIpc) is 2.98. The fourth-order valence-corrected chi connectivity index (χ4v) is 4.48. The zero-order valence-corrected chi connectivity index (χ0v) is 21.7. The second-order valence-corrected chi connectivity index (χ2v) is 10.0. The Labute approximate surface area is 193 Å². The molecule has 2 rings (SSSR count). The number of halogens is 1. The van der Waals surface area contributed by atoms with E-state index >= 15 is 0 Å². The number of piperidine rings is 1. The van der Waals surface area contributed by atoms with Gasteiger partial charge in [-0.25, -0.2) is 12.7 Å². The maximum Gasteiger partial charge on any atom is 0.211 e. The third-order valence-electron chi connectivity index (χ3n) is 5.13. The lowest BCUT2D eigenvalue weighted by atomic mass is 9.98. The van der Waals surface area contributed by atoms with Crippen molar-refractivity contribution in [1.82, 2.24) is 24.3 Å². The predicted octanol–water partition coefficient (Wildman–Crippen LogP) is 2.23. The van der Waals surface area contributed by atoms with Crippen molar-refractivity contribution in [1.29, 1.82) is 0 Å². The Morgan fingerprint density at radius 3 is 2.52 bits per heavy atom. The van der Waals surface area contributed by atoms with Crippen LogP contribution in [0.15, 0.2) is 11.2 Å². The van der Waals surface area contributed by atoms with E-state index in [-0.39, 0.29) is 24.0 Å². The van der Waals surface area contributed by atoms with Crippen molar-refractivity contribution in [3.05, 3.63) is 17.5 Å². The molecule has 1 fully saturated rings. The van der Waals surface area contributed by atoms with Crippen LogP contribution in [0.1, 0.15) is 50.8 Å². The molecular weight excluding hydrogens is 503 g/mol. The minimum atomic E-state index is -3.08. The molecule has 1 N–H and O–H groups in total. The van der Waals surface area contributed by atoms with Crippen LogP contribution in [0.2, 0.25) is 0 Å². The number of aryl methyl sites for hydroxylation is 1. The van der Waals surface area contributed by atoms with Gasteiger partial charge in [-0.1, -0.05) is 13.8 Å². The van der Waals surface area contributed by atoms with Crippen molar-refractivity contribution in [2.75, 3.05) is 39.5 Å². The van der Waals surface area contributed by atoms with E-state index < -0.39 is 10.0 Å². The lowest BCUT2D eigenvalue weighted by Gasteiger charge is -2.30. The largest absolute Gasteiger partial charge is 0.357 e. The normalized spacial score (nSPS) is 16.7. The van der Waals surface area contributed by atoms with Crippen molar-refractivity contribution >= 4 is 40.0 Å². The molecule has 0 saturated carbocycles. The fourth-order valence-electron chi connectivity index (χ4n) is 3.60. The summed E-state index contributed by atoms with van der Waals surface area (Å²) in [5.74, 6) is 1.68. The Bertz CT molecular complexity index is 770. The highest BCUT2D eigenvalue weighted by molar-refractivity contribution is 14.0. The quantitative estimate of drug-likeness (QED) is 0.326. The molecule has 0 bridgehead atoms. The average molecular weight is 541 g/mol. The number of guanidine groups is 1. The molecule has 1 aromatic heterocycles. The van der Waals surface area contributed by atoms with Crippen molar-refractivity contribution in [2.24, 2.45) is 18.0 Å². The number of hydrogen-bond donors (Lipinski definition) is 1. The molecule has 168 valence electrons. The van der Waals surface area contributed by atoms with Crippen LogP contribution in [-0.4, -0.2) is 72.8 Å². The molecule has 1 aliphatic heterocycles. The Kier molecular flexibility index (Phi) is 10.4. The van der Waals surface area contributed by atoms with Crippen LogP contribution in [0.25, 0.3) is 0 Å². The van der Waals surface area contributed by atoms with E-state index in [9.17, 15) is 8.42 Å². The summed E-state index contributed by atoms with van der Waals surface area (Å²) in [5, 5.41) is 7.96. The molecule has 0 aliphatic carbocycles. The first-order valence-corrected chi connectivity index (χ1v) is 11.9. The number of sulfonamides is 1. The Balaban J connectivity index is 0.00000420. The lowest BCUT2D eigenvalue weighted by Crippen LogP contribution is -2.40. The summed E-state index contributed by atoms with van der Waals surface area (Å²) >= 11 is 0. The highest BCUT2D eigenvalue weighted by Crippen LogP contribution is 2.20. The molecule has 0 unspecified atom stereocenters. The Morgan fingerprint density at radius 2 is 2.00 bits per heavy atom. The van der Waals surface area contributed by atoms with Gasteiger partial charge in [-0.2, -0.15) is 5.10 Å². The molecule has 1 aliphatic rings. The van der Waals surface area contributed by atoms with E-state index in [1.807, 2.05) is 18.8 Å². The first kappa shape index (κ1) is 26.2. The third kappa shape index (κ3) is 7.71. The highest BCUT2D eigenvalue weighted by Gasteiger charge is 2.25. The van der Waals surface area contributed by atoms with Crippen molar-refractivity contribution in [3.8, 4) is 0 Å². The Morgan fingerprint density at radius 1 is 1.38 bits per heavy atom. The number of aromatic nitrogens is 2. The first-order valence-electron chi connectivity index (χ1n) is 10.1. The van der Waals surface area contributed by atoms with Crippen LogP contribution in [0.3, 0.4) is 0 Å². The molecular formula is C19H37IN6O2S. The maximum absolute atomic E-state index is 11.7. The Hall–Kier alpha value is -0.880. The monoisotopic (exact) mass is 540 g/mol. The van der Waals surface area contributed by atoms with Gasteiger partial charge in [-0.15, -0.1) is 24.0 Å². The standard InChI is InChI=1S/C19H36N6O2S.HI/c1-7-20-19(21-12-16-8-10-25(11-9-16)28(6,26)27)23(4)13-17-14-24(5)22-18(17)15(2)3;/h14-16H,7-13H2,1-6H3,(H,20,21);1H. The number of aliphatic imine (C=N–C) groups is 1. The molecule has 2 heterocycles. The zero-order valence-electron chi connectivity index (χ0n) is 18.6. The van der Waals surface area contributed by atoms with Gasteiger partial charge >= 0.3 is 0 Å². The van der Waals surface area contributed by atoms with Crippen LogP contribution in [0.4, 0.5) is 0 Å². The number of nitrogens with zero attached hydrogens (tertiary/aromatic N) is 5. The summed E-state index contributed by atoms with van der Waals surface area (Å²) in [7, 11) is 0.925. The van der Waals surface area contributed by atoms with Crippen molar-refractivity contribution in [2.45, 2.75) is 46.1 Å². The van der Waals surface area contributed by atoms with E-state index in [4.69, 9.17) is 4.99 Å². The summed E-state index contributed by atoms with van der Waals surface area (Å²) in [6.45, 7) is 9.85. The van der Waals surface area contributed by atoms with Crippen LogP contribution >= 0.6 is 24.0 Å². The molecule has 0 aromatic carbocycles. The zero-order chi connectivity index (χ0) is 20.9. The minimum absolute atomic E-state index is 0. The van der Waals surface area contributed by atoms with Gasteiger partial charge < -0.3 is 10.2 Å². The summed E-state index contributed by atoms with van der Waals surface area (Å²) in [4.78, 5) is 6.97. The minimum Gasteiger partial charge on any atom is -0.357 e. The summed E-state index contributed by atoms with van der Waals surface area (Å²) in [6, 6.07) is 0. The first-order chi connectivity index (χ1) is 13.1. The highest BCUT2D eigenvalue weighted by atomic mass is 127. The van der Waals surface area contributed by atoms with Crippen LogP contribution in [0.5, 0.6) is 0 Å². The molecule has 10 heteroatoms. The van der Waals surface area contributed by atoms with E-state index in [0.717, 1.165) is 37.6 Å². The fraction of sp³-hybridized carbons (Fsp3) is 0.789. The molecule has 0 spiro atoms. The van der Waals surface area contributed by atoms with Gasteiger partial charge in [0.15, 0.2) is 5.96 Å². The molecule has 8 nitrogen and oxygen atoms in total. The van der Waals surface area contributed by atoms with E-state index in [1.165, 1.54) is 11.8 Å².